The van der Waals surface area contributed by atoms with Crippen molar-refractivity contribution in [1.29, 1.82) is 5.41 Å². The van der Waals surface area contributed by atoms with Gasteiger partial charge in [0.2, 0.25) is 6.41 Å². The molecule has 1 aromatic heterocycles. The molecule has 10 heteroatoms. The molecular weight excluding hydrogens is 504 g/mol. The minimum atomic E-state index is -0.436. The lowest BCUT2D eigenvalue weighted by Gasteiger charge is -2.43. The third kappa shape index (κ3) is 7.28. The van der Waals surface area contributed by atoms with E-state index >= 15 is 0 Å². The van der Waals surface area contributed by atoms with E-state index < -0.39 is 6.10 Å². The van der Waals surface area contributed by atoms with Crippen molar-refractivity contribution < 1.29 is 14.6 Å². The number of aromatic nitrogens is 1. The number of hydrogen-bond donors (Lipinski definition) is 4. The Labute approximate surface area is 230 Å². The van der Waals surface area contributed by atoms with Gasteiger partial charge in [0.1, 0.15) is 5.82 Å². The third-order valence-electron chi connectivity index (χ3n) is 7.44. The average molecular weight is 545 g/mol. The number of hydrazone groups is 1. The number of carbonyl (C=O) groups excluding carboxylic acids is 1. The number of aliphatic hydroxyl groups excluding tert-OH is 1. The first-order valence-corrected chi connectivity index (χ1v) is 13.8. The summed E-state index contributed by atoms with van der Waals surface area (Å²) in [5.41, 5.74) is 4.11. The van der Waals surface area contributed by atoms with E-state index in [1.165, 1.54) is 12.8 Å². The Bertz CT molecular complexity index is 1120. The third-order valence-corrected chi connectivity index (χ3v) is 7.77. The van der Waals surface area contributed by atoms with Gasteiger partial charge in [0.25, 0.3) is 0 Å². The molecule has 4 N–H and O–H groups in total. The van der Waals surface area contributed by atoms with E-state index in [4.69, 9.17) is 21.7 Å². The zero-order valence-corrected chi connectivity index (χ0v) is 23.6. The summed E-state index contributed by atoms with van der Waals surface area (Å²) in [6.07, 6.45) is 7.82. The van der Waals surface area contributed by atoms with E-state index in [1.54, 1.807) is 19.5 Å². The summed E-state index contributed by atoms with van der Waals surface area (Å²) in [6, 6.07) is 5.93. The predicted octanol–water partition coefficient (Wildman–Crippen LogP) is 4.43. The molecule has 5 rings (SSSR count). The molecule has 0 radical (unpaired) electrons. The minimum Gasteiger partial charge on any atom is -0.389 e. The molecule has 0 bridgehead atoms. The molecule has 38 heavy (non-hydrogen) atoms. The SMILES string of the molecule is CC.CC1(N2CCC(c3cc4cc(NC=O)ncc4cc3Cl)CC2)COCC1O.CN/N=C\C(=N)C1CC1. The number of hydrogen-bond acceptors (Lipinski definition) is 8. The molecule has 2 aliphatic heterocycles. The molecule has 1 aliphatic carbocycles. The van der Waals surface area contributed by atoms with Crippen LogP contribution >= 0.6 is 11.6 Å². The first-order chi connectivity index (χ1) is 18.4. The Morgan fingerprint density at radius 2 is 1.95 bits per heavy atom. The maximum atomic E-state index is 10.7. The van der Waals surface area contributed by atoms with Crippen molar-refractivity contribution in [1.82, 2.24) is 15.3 Å². The van der Waals surface area contributed by atoms with E-state index in [9.17, 15) is 9.90 Å². The van der Waals surface area contributed by atoms with Crippen molar-refractivity contribution in [2.24, 2.45) is 11.0 Å². The second kappa shape index (κ2) is 14.0. The lowest BCUT2D eigenvalue weighted by molar-refractivity contribution is -0.105. The van der Waals surface area contributed by atoms with Gasteiger partial charge in [-0.1, -0.05) is 25.4 Å². The highest BCUT2D eigenvalue weighted by atomic mass is 35.5. The van der Waals surface area contributed by atoms with Gasteiger partial charge >= 0.3 is 0 Å². The van der Waals surface area contributed by atoms with Gasteiger partial charge in [-0.05, 0) is 80.8 Å². The lowest BCUT2D eigenvalue weighted by atomic mass is 9.85. The highest BCUT2D eigenvalue weighted by molar-refractivity contribution is 6.32. The van der Waals surface area contributed by atoms with Crippen molar-refractivity contribution in [2.45, 2.75) is 64.0 Å². The van der Waals surface area contributed by atoms with Crippen LogP contribution < -0.4 is 10.7 Å². The Hall–Kier alpha value is -2.59. The summed E-state index contributed by atoms with van der Waals surface area (Å²) in [5, 5.41) is 26.7. The van der Waals surface area contributed by atoms with Crippen LogP contribution in [0.25, 0.3) is 10.8 Å². The molecule has 0 spiro atoms. The topological polar surface area (TPSA) is 123 Å². The molecular formula is C28H41ClN6O3. The summed E-state index contributed by atoms with van der Waals surface area (Å²) in [4.78, 5) is 17.2. The molecule has 9 nitrogen and oxygen atoms in total. The quantitative estimate of drug-likeness (QED) is 0.232. The summed E-state index contributed by atoms with van der Waals surface area (Å²) in [5.74, 6) is 1.42. The molecule has 3 fully saturated rings. The number of piperidine rings is 1. The van der Waals surface area contributed by atoms with E-state index in [-0.39, 0.29) is 5.54 Å². The molecule has 2 atom stereocenters. The average Bonchev–Trinajstić information content (AvgIpc) is 3.73. The zero-order chi connectivity index (χ0) is 27.7. The summed E-state index contributed by atoms with van der Waals surface area (Å²) >= 11 is 6.58. The molecule has 1 saturated carbocycles. The number of nitrogens with zero attached hydrogens (tertiary/aromatic N) is 3. The molecule has 3 aliphatic rings. The van der Waals surface area contributed by atoms with Crippen molar-refractivity contribution in [3.63, 3.8) is 0 Å². The number of halogens is 1. The lowest BCUT2D eigenvalue weighted by Crippen LogP contribution is -2.56. The second-order valence-corrected chi connectivity index (χ2v) is 10.3. The standard InChI is InChI=1S/C20H24ClN3O3.C6H11N3.C2H6/c1-20(11-27-10-18(20)26)24-4-2-13(3-5-24)16-6-14-8-19(23-12-25)22-9-15(14)7-17(16)21;1-8-9-4-6(7)5-2-3-5;1-2/h6-9,12-13,18,26H,2-5,10-11H2,1H3,(H,22,23,25);4-5,7-8H,2-3H2,1H3;1-2H3/b;7-6?,9-4-;. The van der Waals surface area contributed by atoms with Crippen LogP contribution in [0.5, 0.6) is 0 Å². The number of ether oxygens (including phenoxy) is 1. The van der Waals surface area contributed by atoms with Gasteiger partial charge in [-0.25, -0.2) is 4.98 Å². The normalized spacial score (nSPS) is 23.8. The number of pyridine rings is 1. The number of carbonyl (C=O) groups is 1. The Kier molecular flexibility index (Phi) is 11.0. The monoisotopic (exact) mass is 544 g/mol. The van der Waals surface area contributed by atoms with Crippen LogP contribution in [0.2, 0.25) is 5.02 Å². The van der Waals surface area contributed by atoms with E-state index in [0.29, 0.717) is 43.0 Å². The van der Waals surface area contributed by atoms with Crippen LogP contribution in [0.4, 0.5) is 5.82 Å². The number of rotatable bonds is 7. The van der Waals surface area contributed by atoms with Gasteiger partial charge in [0, 0.05) is 29.6 Å². The molecule has 2 unspecified atom stereocenters. The van der Waals surface area contributed by atoms with Gasteiger partial charge in [-0.3, -0.25) is 9.69 Å². The number of amides is 1. The van der Waals surface area contributed by atoms with Gasteiger partial charge < -0.3 is 26.0 Å². The molecule has 208 valence electrons. The smallest absolute Gasteiger partial charge is 0.212 e. The maximum Gasteiger partial charge on any atom is 0.212 e. The predicted molar refractivity (Wildman–Crippen MR) is 155 cm³/mol. The van der Waals surface area contributed by atoms with Crippen LogP contribution in [0.3, 0.4) is 0 Å². The molecule has 1 amide bonds. The first-order valence-electron chi connectivity index (χ1n) is 13.4. The van der Waals surface area contributed by atoms with Crippen molar-refractivity contribution >= 4 is 46.5 Å². The molecule has 2 saturated heterocycles. The van der Waals surface area contributed by atoms with Crippen LogP contribution in [-0.2, 0) is 9.53 Å². The number of likely N-dealkylation sites (tertiary alicyclic amines) is 1. The molecule has 1 aromatic carbocycles. The van der Waals surface area contributed by atoms with Crippen molar-refractivity contribution in [3.8, 4) is 0 Å². The van der Waals surface area contributed by atoms with Gasteiger partial charge in [-0.2, -0.15) is 5.10 Å². The minimum absolute atomic E-state index is 0.292. The molecule has 3 heterocycles. The number of fused-ring (bicyclic) bond motifs is 1. The second-order valence-electron chi connectivity index (χ2n) is 9.91. The van der Waals surface area contributed by atoms with Gasteiger partial charge in [0.05, 0.1) is 36.8 Å². The number of benzene rings is 1. The Morgan fingerprint density at radius 1 is 1.24 bits per heavy atom. The van der Waals surface area contributed by atoms with Crippen LogP contribution in [-0.4, -0.2) is 78.3 Å². The van der Waals surface area contributed by atoms with Crippen molar-refractivity contribution in [2.75, 3.05) is 38.7 Å². The van der Waals surface area contributed by atoms with E-state index in [2.05, 4.69) is 38.7 Å². The Morgan fingerprint density at radius 3 is 2.53 bits per heavy atom. The van der Waals surface area contributed by atoms with Crippen molar-refractivity contribution in [3.05, 3.63) is 35.0 Å². The fourth-order valence-electron chi connectivity index (χ4n) is 4.93. The number of nitrogens with one attached hydrogen (secondary N) is 3. The summed E-state index contributed by atoms with van der Waals surface area (Å²) in [7, 11) is 1.73. The van der Waals surface area contributed by atoms with E-state index in [0.717, 1.165) is 47.3 Å². The fourth-order valence-corrected chi connectivity index (χ4v) is 5.25. The van der Waals surface area contributed by atoms with Crippen LogP contribution in [0.1, 0.15) is 57.9 Å². The first kappa shape index (κ1) is 30.0. The highest BCUT2D eigenvalue weighted by Crippen LogP contribution is 2.38. The largest absolute Gasteiger partial charge is 0.389 e. The Balaban J connectivity index is 0.000000307. The van der Waals surface area contributed by atoms with Crippen LogP contribution in [0, 0.1) is 11.3 Å². The maximum absolute atomic E-state index is 10.7. The number of aliphatic hydroxyl groups is 1. The number of anilines is 1. The van der Waals surface area contributed by atoms with Gasteiger partial charge in [0.15, 0.2) is 0 Å². The van der Waals surface area contributed by atoms with E-state index in [1.807, 2.05) is 26.0 Å². The zero-order valence-electron chi connectivity index (χ0n) is 22.8. The fraction of sp³-hybridized carbons (Fsp3) is 0.571. The highest BCUT2D eigenvalue weighted by Gasteiger charge is 2.45. The summed E-state index contributed by atoms with van der Waals surface area (Å²) in [6.45, 7) is 8.89. The summed E-state index contributed by atoms with van der Waals surface area (Å²) < 4.78 is 5.49. The van der Waals surface area contributed by atoms with Crippen LogP contribution in [0.15, 0.2) is 29.5 Å². The molecule has 2 aromatic rings. The van der Waals surface area contributed by atoms with Gasteiger partial charge in [-0.15, -0.1) is 0 Å².